The van der Waals surface area contributed by atoms with E-state index >= 15 is 0 Å². The van der Waals surface area contributed by atoms with Crippen LogP contribution >= 0.6 is 0 Å². The molecule has 4 nitrogen and oxygen atoms in total. The molecule has 0 saturated carbocycles. The largest absolute Gasteiger partial charge is 0.312 e. The zero-order valence-electron chi connectivity index (χ0n) is 11.4. The fourth-order valence-corrected chi connectivity index (χ4v) is 4.43. The van der Waals surface area contributed by atoms with Crippen LogP contribution in [-0.2, 0) is 9.84 Å². The van der Waals surface area contributed by atoms with Crippen molar-refractivity contribution in [2.24, 2.45) is 5.92 Å². The monoisotopic (exact) mass is 274 g/mol. The first-order valence-corrected chi connectivity index (χ1v) is 9.03. The highest BCUT2D eigenvalue weighted by Crippen LogP contribution is 2.17. The molecule has 1 N–H and O–H groups in total. The minimum atomic E-state index is -2.78. The second kappa shape index (κ2) is 6.35. The molecule has 2 atom stereocenters. The van der Waals surface area contributed by atoms with Gasteiger partial charge in [0.05, 0.1) is 11.5 Å². The normalized spacial score (nSPS) is 34.1. The first-order chi connectivity index (χ1) is 8.55. The molecule has 0 aromatic rings. The molecule has 0 aromatic carbocycles. The second-order valence-electron chi connectivity index (χ2n) is 5.93. The summed E-state index contributed by atoms with van der Waals surface area (Å²) in [5.74, 6) is 1.49. The predicted octanol–water partition coefficient (Wildman–Crippen LogP) is 0.885. The van der Waals surface area contributed by atoms with Crippen molar-refractivity contribution in [1.29, 1.82) is 0 Å². The van der Waals surface area contributed by atoms with E-state index in [0.29, 0.717) is 18.1 Å². The van der Waals surface area contributed by atoms with Crippen molar-refractivity contribution < 1.29 is 8.42 Å². The van der Waals surface area contributed by atoms with Gasteiger partial charge in [-0.1, -0.05) is 6.92 Å². The molecule has 2 saturated heterocycles. The van der Waals surface area contributed by atoms with Gasteiger partial charge in [-0.3, -0.25) is 0 Å². The summed E-state index contributed by atoms with van der Waals surface area (Å²) in [4.78, 5) is 2.51. The fourth-order valence-electron chi connectivity index (χ4n) is 2.94. The Morgan fingerprint density at radius 2 is 2.11 bits per heavy atom. The molecular formula is C13H26N2O2S. The average molecular weight is 274 g/mol. The van der Waals surface area contributed by atoms with Crippen LogP contribution < -0.4 is 5.32 Å². The lowest BCUT2D eigenvalue weighted by molar-refractivity contribution is 0.265. The van der Waals surface area contributed by atoms with Crippen LogP contribution in [0.2, 0.25) is 0 Å². The molecule has 18 heavy (non-hydrogen) atoms. The minimum absolute atomic E-state index is 0.171. The van der Waals surface area contributed by atoms with Crippen molar-refractivity contribution in [3.8, 4) is 0 Å². The third-order valence-electron chi connectivity index (χ3n) is 4.20. The van der Waals surface area contributed by atoms with Gasteiger partial charge in [0.15, 0.2) is 9.84 Å². The second-order valence-corrected chi connectivity index (χ2v) is 8.16. The Labute approximate surface area is 111 Å². The summed E-state index contributed by atoms with van der Waals surface area (Å²) in [6.07, 6.45) is 4.88. The summed E-state index contributed by atoms with van der Waals surface area (Å²) in [5.41, 5.74) is 0. The first kappa shape index (κ1) is 14.3. The van der Waals surface area contributed by atoms with Crippen molar-refractivity contribution in [2.45, 2.75) is 38.6 Å². The van der Waals surface area contributed by atoms with Crippen molar-refractivity contribution in [3.63, 3.8) is 0 Å². The summed E-state index contributed by atoms with van der Waals surface area (Å²) >= 11 is 0. The molecule has 0 bridgehead atoms. The van der Waals surface area contributed by atoms with Gasteiger partial charge in [-0.15, -0.1) is 0 Å². The van der Waals surface area contributed by atoms with Crippen molar-refractivity contribution in [3.05, 3.63) is 0 Å². The molecule has 0 radical (unpaired) electrons. The standard InChI is InChI=1S/C13H26N2O2S/c1-12-3-2-7-15(8-4-12)9-5-13-11-18(16,17)10-6-14-13/h12-14H,2-11H2,1H3. The minimum Gasteiger partial charge on any atom is -0.312 e. The molecule has 0 amide bonds. The molecule has 106 valence electrons. The van der Waals surface area contributed by atoms with Crippen molar-refractivity contribution >= 4 is 9.84 Å². The van der Waals surface area contributed by atoms with Gasteiger partial charge in [0.2, 0.25) is 0 Å². The predicted molar refractivity (Wildman–Crippen MR) is 74.5 cm³/mol. The van der Waals surface area contributed by atoms with Gasteiger partial charge >= 0.3 is 0 Å². The molecule has 0 spiro atoms. The number of hydrogen-bond donors (Lipinski definition) is 1. The number of sulfone groups is 1. The van der Waals surface area contributed by atoms with Crippen LogP contribution in [0.5, 0.6) is 0 Å². The molecule has 2 aliphatic rings. The van der Waals surface area contributed by atoms with Gasteiger partial charge in [0, 0.05) is 12.6 Å². The maximum atomic E-state index is 11.6. The van der Waals surface area contributed by atoms with Crippen LogP contribution in [0.1, 0.15) is 32.6 Å². The molecule has 2 unspecified atom stereocenters. The number of nitrogens with one attached hydrogen (secondary N) is 1. The Kier molecular flexibility index (Phi) is 5.04. The zero-order valence-corrected chi connectivity index (χ0v) is 12.2. The van der Waals surface area contributed by atoms with E-state index in [1.807, 2.05) is 0 Å². The van der Waals surface area contributed by atoms with E-state index in [4.69, 9.17) is 0 Å². The summed E-state index contributed by atoms with van der Waals surface area (Å²) in [5, 5.41) is 3.33. The SMILES string of the molecule is CC1CCCN(CCC2CS(=O)(=O)CCN2)CC1. The number of rotatable bonds is 3. The van der Waals surface area contributed by atoms with Crippen molar-refractivity contribution in [2.75, 3.05) is 37.7 Å². The maximum absolute atomic E-state index is 11.6. The van der Waals surface area contributed by atoms with Crippen LogP contribution in [0.3, 0.4) is 0 Å². The Balaban J connectivity index is 1.74. The number of hydrogen-bond acceptors (Lipinski definition) is 4. The number of nitrogens with zero attached hydrogens (tertiary/aromatic N) is 1. The van der Waals surface area contributed by atoms with Gasteiger partial charge in [0.25, 0.3) is 0 Å². The molecule has 2 aliphatic heterocycles. The van der Waals surface area contributed by atoms with Crippen LogP contribution in [0.15, 0.2) is 0 Å². The lowest BCUT2D eigenvalue weighted by atomic mass is 10.0. The van der Waals surface area contributed by atoms with E-state index in [-0.39, 0.29) is 6.04 Å². The average Bonchev–Trinajstić information content (AvgIpc) is 2.50. The summed E-state index contributed by atoms with van der Waals surface area (Å²) in [6.45, 7) is 6.37. The first-order valence-electron chi connectivity index (χ1n) is 7.21. The van der Waals surface area contributed by atoms with E-state index in [0.717, 1.165) is 18.9 Å². The fraction of sp³-hybridized carbons (Fsp3) is 1.00. The van der Waals surface area contributed by atoms with Crippen LogP contribution in [-0.4, -0.2) is 57.0 Å². The highest BCUT2D eigenvalue weighted by Gasteiger charge is 2.24. The molecule has 0 aromatic heterocycles. The molecular weight excluding hydrogens is 248 g/mol. The highest BCUT2D eigenvalue weighted by molar-refractivity contribution is 7.91. The van der Waals surface area contributed by atoms with E-state index in [1.165, 1.54) is 32.4 Å². The lowest BCUT2D eigenvalue weighted by Crippen LogP contribution is -2.46. The molecule has 5 heteroatoms. The van der Waals surface area contributed by atoms with Gasteiger partial charge in [0.1, 0.15) is 0 Å². The van der Waals surface area contributed by atoms with Gasteiger partial charge in [-0.2, -0.15) is 0 Å². The molecule has 2 fully saturated rings. The Hall–Kier alpha value is -0.130. The van der Waals surface area contributed by atoms with Crippen LogP contribution in [0.4, 0.5) is 0 Å². The molecule has 2 rings (SSSR count). The zero-order chi connectivity index (χ0) is 13.0. The third-order valence-corrected chi connectivity index (χ3v) is 5.94. The lowest BCUT2D eigenvalue weighted by Gasteiger charge is -2.27. The van der Waals surface area contributed by atoms with Crippen LogP contribution in [0, 0.1) is 5.92 Å². The maximum Gasteiger partial charge on any atom is 0.153 e. The Bertz CT molecular complexity index is 356. The number of likely N-dealkylation sites (tertiary alicyclic amines) is 1. The van der Waals surface area contributed by atoms with Crippen molar-refractivity contribution in [1.82, 2.24) is 10.2 Å². The third kappa shape index (κ3) is 4.52. The smallest absolute Gasteiger partial charge is 0.153 e. The van der Waals surface area contributed by atoms with Gasteiger partial charge in [-0.25, -0.2) is 8.42 Å². The Morgan fingerprint density at radius 1 is 1.28 bits per heavy atom. The Morgan fingerprint density at radius 3 is 2.89 bits per heavy atom. The van der Waals surface area contributed by atoms with Crippen LogP contribution in [0.25, 0.3) is 0 Å². The van der Waals surface area contributed by atoms with E-state index in [9.17, 15) is 8.42 Å². The van der Waals surface area contributed by atoms with E-state index in [2.05, 4.69) is 17.1 Å². The van der Waals surface area contributed by atoms with E-state index in [1.54, 1.807) is 0 Å². The molecule has 2 heterocycles. The summed E-state index contributed by atoms with van der Waals surface area (Å²) in [7, 11) is -2.78. The quantitative estimate of drug-likeness (QED) is 0.830. The summed E-state index contributed by atoms with van der Waals surface area (Å²) in [6, 6.07) is 0.171. The summed E-state index contributed by atoms with van der Waals surface area (Å²) < 4.78 is 23.1. The topological polar surface area (TPSA) is 49.4 Å². The van der Waals surface area contributed by atoms with Gasteiger partial charge < -0.3 is 10.2 Å². The molecule has 0 aliphatic carbocycles. The van der Waals surface area contributed by atoms with Gasteiger partial charge in [-0.05, 0) is 51.2 Å². The van der Waals surface area contributed by atoms with E-state index < -0.39 is 9.84 Å². The highest BCUT2D eigenvalue weighted by atomic mass is 32.2.